The highest BCUT2D eigenvalue weighted by Gasteiger charge is 2.27. The third-order valence-corrected chi connectivity index (χ3v) is 2.62. The van der Waals surface area contributed by atoms with Crippen LogP contribution >= 0.6 is 0 Å². The Kier molecular flexibility index (Phi) is 6.11. The number of likely N-dealkylation sites (N-methyl/N-ethyl adjacent to an activating group) is 1. The van der Waals surface area contributed by atoms with Gasteiger partial charge in [0.2, 0.25) is 0 Å². The van der Waals surface area contributed by atoms with Crippen LogP contribution in [0.1, 0.15) is 34.1 Å². The number of urea groups is 1. The molecule has 0 heterocycles. The Balaban J connectivity index is 4.79. The molecule has 0 bridgehead atoms. The summed E-state index contributed by atoms with van der Waals surface area (Å²) in [6.45, 7) is 6.72. The summed E-state index contributed by atoms with van der Waals surface area (Å²) in [6, 6.07) is -0.535. The molecule has 2 amide bonds. The Labute approximate surface area is 108 Å². The lowest BCUT2D eigenvalue weighted by molar-refractivity contribution is -0.138. The predicted octanol–water partition coefficient (Wildman–Crippen LogP) is 0.994. The zero-order chi connectivity index (χ0) is 14.5. The Morgan fingerprint density at radius 3 is 2.17 bits per heavy atom. The van der Waals surface area contributed by atoms with E-state index in [0.717, 1.165) is 0 Å². The third kappa shape index (κ3) is 5.86. The first-order valence-electron chi connectivity index (χ1n) is 6.04. The van der Waals surface area contributed by atoms with Gasteiger partial charge < -0.3 is 20.0 Å². The molecule has 18 heavy (non-hydrogen) atoms. The van der Waals surface area contributed by atoms with Crippen LogP contribution in [-0.2, 0) is 4.79 Å². The minimum absolute atomic E-state index is 0.151. The van der Waals surface area contributed by atoms with Crippen LogP contribution in [0.3, 0.4) is 0 Å². The van der Waals surface area contributed by atoms with Gasteiger partial charge in [-0.1, -0.05) is 6.92 Å². The lowest BCUT2D eigenvalue weighted by atomic mass is 10.1. The number of carboxylic acids is 1. The van der Waals surface area contributed by atoms with E-state index in [1.54, 1.807) is 27.8 Å². The highest BCUT2D eigenvalue weighted by atomic mass is 16.4. The van der Waals surface area contributed by atoms with Crippen LogP contribution < -0.4 is 0 Å². The Morgan fingerprint density at radius 2 is 1.83 bits per heavy atom. The number of hydrogen-bond donors (Lipinski definition) is 2. The van der Waals surface area contributed by atoms with Crippen LogP contribution in [0.25, 0.3) is 0 Å². The maximum Gasteiger partial charge on any atom is 0.323 e. The summed E-state index contributed by atoms with van der Waals surface area (Å²) in [6.07, 6.45) is 0.676. The first-order chi connectivity index (χ1) is 8.08. The first-order valence-corrected chi connectivity index (χ1v) is 6.04. The Morgan fingerprint density at radius 1 is 1.33 bits per heavy atom. The van der Waals surface area contributed by atoms with E-state index < -0.39 is 11.6 Å². The van der Waals surface area contributed by atoms with Crippen molar-refractivity contribution in [2.75, 3.05) is 20.1 Å². The van der Waals surface area contributed by atoms with Gasteiger partial charge in [-0.15, -0.1) is 0 Å². The van der Waals surface area contributed by atoms with Crippen LogP contribution in [0.4, 0.5) is 4.79 Å². The first kappa shape index (κ1) is 16.7. The molecule has 0 radical (unpaired) electrons. The van der Waals surface area contributed by atoms with Crippen molar-refractivity contribution in [2.45, 2.75) is 45.8 Å². The van der Waals surface area contributed by atoms with E-state index in [9.17, 15) is 14.7 Å². The molecule has 0 aliphatic heterocycles. The highest BCUT2D eigenvalue weighted by molar-refractivity contribution is 5.80. The van der Waals surface area contributed by atoms with Crippen LogP contribution in [0, 0.1) is 0 Å². The van der Waals surface area contributed by atoms with E-state index in [4.69, 9.17) is 5.11 Å². The second-order valence-electron chi connectivity index (χ2n) is 5.23. The number of hydrogen-bond acceptors (Lipinski definition) is 3. The van der Waals surface area contributed by atoms with Crippen molar-refractivity contribution < 1.29 is 19.8 Å². The van der Waals surface area contributed by atoms with Gasteiger partial charge in [0.05, 0.1) is 12.1 Å². The molecule has 1 unspecified atom stereocenters. The van der Waals surface area contributed by atoms with Crippen molar-refractivity contribution in [1.29, 1.82) is 0 Å². The predicted molar refractivity (Wildman–Crippen MR) is 68.4 cm³/mol. The monoisotopic (exact) mass is 260 g/mol. The molecule has 0 spiro atoms. The number of rotatable bonds is 6. The highest BCUT2D eigenvalue weighted by Crippen LogP contribution is 2.10. The molecule has 0 saturated carbocycles. The molecule has 0 saturated heterocycles. The maximum atomic E-state index is 12.1. The van der Waals surface area contributed by atoms with E-state index in [-0.39, 0.29) is 25.2 Å². The lowest BCUT2D eigenvalue weighted by Gasteiger charge is -2.33. The van der Waals surface area contributed by atoms with Crippen LogP contribution in [0.2, 0.25) is 0 Å². The fourth-order valence-corrected chi connectivity index (χ4v) is 1.65. The Bertz CT molecular complexity index is 299. The fraction of sp³-hybridized carbons (Fsp3) is 0.833. The van der Waals surface area contributed by atoms with Gasteiger partial charge in [0.25, 0.3) is 0 Å². The van der Waals surface area contributed by atoms with Gasteiger partial charge in [-0.05, 0) is 27.2 Å². The summed E-state index contributed by atoms with van der Waals surface area (Å²) >= 11 is 0. The van der Waals surface area contributed by atoms with Gasteiger partial charge in [0.15, 0.2) is 0 Å². The molecular formula is C12H24N2O4. The van der Waals surface area contributed by atoms with Crippen molar-refractivity contribution in [1.82, 2.24) is 9.80 Å². The maximum absolute atomic E-state index is 12.1. The molecule has 0 aromatic heterocycles. The molecule has 2 N–H and O–H groups in total. The van der Waals surface area contributed by atoms with Crippen molar-refractivity contribution in [3.63, 3.8) is 0 Å². The van der Waals surface area contributed by atoms with Crippen LogP contribution in [0.15, 0.2) is 0 Å². The molecule has 6 heteroatoms. The zero-order valence-corrected chi connectivity index (χ0v) is 11.8. The molecule has 0 rings (SSSR count). The quantitative estimate of drug-likeness (QED) is 0.746. The zero-order valence-electron chi connectivity index (χ0n) is 11.8. The number of aliphatic hydroxyl groups is 1. The molecular weight excluding hydrogens is 236 g/mol. The number of carbonyl (C=O) groups is 2. The van der Waals surface area contributed by atoms with Crippen molar-refractivity contribution in [3.05, 3.63) is 0 Å². The van der Waals surface area contributed by atoms with Crippen molar-refractivity contribution >= 4 is 12.0 Å². The average Bonchev–Trinajstić information content (AvgIpc) is 2.21. The lowest BCUT2D eigenvalue weighted by Crippen LogP contribution is -2.51. The number of aliphatic carboxylic acids is 1. The summed E-state index contributed by atoms with van der Waals surface area (Å²) in [4.78, 5) is 25.6. The van der Waals surface area contributed by atoms with Crippen LogP contribution in [0.5, 0.6) is 0 Å². The molecule has 1 atom stereocenters. The second kappa shape index (κ2) is 6.58. The summed E-state index contributed by atoms with van der Waals surface area (Å²) in [5.74, 6) is -1.04. The van der Waals surface area contributed by atoms with Crippen LogP contribution in [-0.4, -0.2) is 63.8 Å². The summed E-state index contributed by atoms with van der Waals surface area (Å²) in [7, 11) is 1.55. The summed E-state index contributed by atoms with van der Waals surface area (Å²) < 4.78 is 0. The molecule has 0 fully saturated rings. The number of nitrogens with zero attached hydrogens (tertiary/aromatic N) is 2. The van der Waals surface area contributed by atoms with Gasteiger partial charge in [-0.2, -0.15) is 0 Å². The minimum atomic E-state index is -1.04. The van der Waals surface area contributed by atoms with E-state index in [1.807, 2.05) is 6.92 Å². The van der Waals surface area contributed by atoms with Gasteiger partial charge in [-0.3, -0.25) is 4.79 Å². The van der Waals surface area contributed by atoms with Crippen molar-refractivity contribution in [2.24, 2.45) is 0 Å². The standard InChI is InChI=1S/C12H24N2O4/c1-6-9(2)14(7-10(15)16)11(17)13(5)8-12(3,4)18/h9,18H,6-8H2,1-5H3,(H,15,16). The minimum Gasteiger partial charge on any atom is -0.480 e. The van der Waals surface area contributed by atoms with E-state index in [0.29, 0.717) is 6.42 Å². The van der Waals surface area contributed by atoms with E-state index in [2.05, 4.69) is 0 Å². The average molecular weight is 260 g/mol. The topological polar surface area (TPSA) is 81.1 Å². The smallest absolute Gasteiger partial charge is 0.323 e. The SMILES string of the molecule is CCC(C)N(CC(=O)O)C(=O)N(C)CC(C)(C)O. The molecule has 0 aliphatic rings. The molecule has 106 valence electrons. The molecule has 6 nitrogen and oxygen atoms in total. The van der Waals surface area contributed by atoms with Crippen molar-refractivity contribution in [3.8, 4) is 0 Å². The molecule has 0 aliphatic carbocycles. The fourth-order valence-electron chi connectivity index (χ4n) is 1.65. The van der Waals surface area contributed by atoms with Gasteiger partial charge in [0, 0.05) is 13.1 Å². The summed E-state index contributed by atoms with van der Waals surface area (Å²) in [5.41, 5.74) is -1.01. The number of carbonyl (C=O) groups excluding carboxylic acids is 1. The van der Waals surface area contributed by atoms with E-state index >= 15 is 0 Å². The summed E-state index contributed by atoms with van der Waals surface area (Å²) in [5, 5.41) is 18.5. The Hall–Kier alpha value is -1.30. The third-order valence-electron chi connectivity index (χ3n) is 2.62. The van der Waals surface area contributed by atoms with Gasteiger partial charge in [-0.25, -0.2) is 4.79 Å². The molecule has 0 aromatic carbocycles. The van der Waals surface area contributed by atoms with E-state index in [1.165, 1.54) is 9.80 Å². The largest absolute Gasteiger partial charge is 0.480 e. The van der Waals surface area contributed by atoms with Gasteiger partial charge in [0.1, 0.15) is 6.54 Å². The second-order valence-corrected chi connectivity index (χ2v) is 5.23. The normalized spacial score (nSPS) is 13.0. The number of amides is 2. The number of carboxylic acid groups (broad SMARTS) is 1. The van der Waals surface area contributed by atoms with Gasteiger partial charge >= 0.3 is 12.0 Å². The molecule has 0 aromatic rings.